The summed E-state index contributed by atoms with van der Waals surface area (Å²) in [5.41, 5.74) is 1.02. The maximum absolute atomic E-state index is 5.71. The van der Waals surface area contributed by atoms with Gasteiger partial charge in [0.25, 0.3) is 0 Å². The van der Waals surface area contributed by atoms with Crippen molar-refractivity contribution in [1.82, 2.24) is 10.3 Å². The number of rotatable bonds is 2. The second kappa shape index (κ2) is 3.75. The van der Waals surface area contributed by atoms with E-state index in [4.69, 9.17) is 4.74 Å². The van der Waals surface area contributed by atoms with E-state index in [-0.39, 0.29) is 0 Å². The highest BCUT2D eigenvalue weighted by Crippen LogP contribution is 2.13. The third kappa shape index (κ3) is 2.18. The lowest BCUT2D eigenvalue weighted by Gasteiger charge is -2.11. The summed E-state index contributed by atoms with van der Waals surface area (Å²) < 4.78 is 5.71. The van der Waals surface area contributed by atoms with Crippen LogP contribution < -0.4 is 10.1 Å². The first kappa shape index (κ1) is 8.51. The highest BCUT2D eigenvalue weighted by atomic mass is 16.5. The zero-order valence-corrected chi connectivity index (χ0v) is 7.79. The number of ether oxygens (including phenoxy) is 1. The molecule has 13 heavy (non-hydrogen) atoms. The van der Waals surface area contributed by atoms with Crippen molar-refractivity contribution < 1.29 is 4.74 Å². The Labute approximate surface area is 78.1 Å². The first-order valence-corrected chi connectivity index (χ1v) is 4.64. The van der Waals surface area contributed by atoms with Crippen molar-refractivity contribution in [2.24, 2.45) is 0 Å². The Bertz CT molecular complexity index is 265. The maximum atomic E-state index is 5.71. The van der Waals surface area contributed by atoms with Gasteiger partial charge in [-0.25, -0.2) is 0 Å². The van der Waals surface area contributed by atoms with Gasteiger partial charge in [-0.2, -0.15) is 0 Å². The lowest BCUT2D eigenvalue weighted by Crippen LogP contribution is -2.19. The normalized spacial score (nSPS) is 21.8. The molecule has 0 spiro atoms. The van der Waals surface area contributed by atoms with E-state index < -0.39 is 0 Å². The monoisotopic (exact) mass is 178 g/mol. The minimum absolute atomic E-state index is 0.324. The summed E-state index contributed by atoms with van der Waals surface area (Å²) in [5, 5.41) is 3.26. The molecule has 0 amide bonds. The summed E-state index contributed by atoms with van der Waals surface area (Å²) >= 11 is 0. The molecule has 1 saturated heterocycles. The third-order valence-corrected chi connectivity index (χ3v) is 2.20. The van der Waals surface area contributed by atoms with Crippen LogP contribution in [0.4, 0.5) is 0 Å². The Morgan fingerprint density at radius 1 is 1.54 bits per heavy atom. The lowest BCUT2D eigenvalue weighted by atomic mass is 10.3. The number of aromatic nitrogens is 1. The highest BCUT2D eigenvalue weighted by Gasteiger charge is 2.15. The van der Waals surface area contributed by atoms with Crippen molar-refractivity contribution in [2.45, 2.75) is 19.4 Å². The van der Waals surface area contributed by atoms with Crippen LogP contribution in [0.15, 0.2) is 18.3 Å². The predicted octanol–water partition coefficient (Wildman–Crippen LogP) is 1.13. The van der Waals surface area contributed by atoms with Crippen molar-refractivity contribution in [3.8, 4) is 5.75 Å². The summed E-state index contributed by atoms with van der Waals surface area (Å²) in [6.45, 7) is 3.98. The molecule has 2 rings (SSSR count). The molecule has 1 N–H and O–H groups in total. The van der Waals surface area contributed by atoms with Gasteiger partial charge in [0.2, 0.25) is 0 Å². The van der Waals surface area contributed by atoms with Crippen LogP contribution in [-0.4, -0.2) is 24.2 Å². The quantitative estimate of drug-likeness (QED) is 0.737. The van der Waals surface area contributed by atoms with Gasteiger partial charge in [-0.3, -0.25) is 4.98 Å². The average molecular weight is 178 g/mol. The van der Waals surface area contributed by atoms with Crippen LogP contribution in [0.1, 0.15) is 12.1 Å². The lowest BCUT2D eigenvalue weighted by molar-refractivity contribution is 0.222. The molecule has 3 heteroatoms. The van der Waals surface area contributed by atoms with Crippen LogP contribution in [0.2, 0.25) is 0 Å². The van der Waals surface area contributed by atoms with E-state index in [0.717, 1.165) is 31.0 Å². The number of hydrogen-bond donors (Lipinski definition) is 1. The summed E-state index contributed by atoms with van der Waals surface area (Å²) in [6.07, 6.45) is 3.20. The van der Waals surface area contributed by atoms with E-state index in [1.807, 2.05) is 19.1 Å². The minimum Gasteiger partial charge on any atom is -0.487 e. The molecule has 0 aromatic carbocycles. The van der Waals surface area contributed by atoms with Crippen LogP contribution in [-0.2, 0) is 0 Å². The zero-order valence-electron chi connectivity index (χ0n) is 7.79. The Hall–Kier alpha value is -1.09. The van der Waals surface area contributed by atoms with E-state index in [2.05, 4.69) is 10.3 Å². The van der Waals surface area contributed by atoms with Crippen molar-refractivity contribution in [1.29, 1.82) is 0 Å². The molecule has 1 fully saturated rings. The van der Waals surface area contributed by atoms with Gasteiger partial charge in [0.05, 0.1) is 6.20 Å². The Kier molecular flexibility index (Phi) is 2.45. The molecule has 0 bridgehead atoms. The van der Waals surface area contributed by atoms with Crippen molar-refractivity contribution in [3.63, 3.8) is 0 Å². The van der Waals surface area contributed by atoms with E-state index >= 15 is 0 Å². The smallest absolute Gasteiger partial charge is 0.138 e. The Morgan fingerprint density at radius 3 is 3.08 bits per heavy atom. The molecule has 1 aliphatic heterocycles. The molecule has 1 aliphatic rings. The highest BCUT2D eigenvalue weighted by molar-refractivity contribution is 5.19. The molecule has 70 valence electrons. The summed E-state index contributed by atoms with van der Waals surface area (Å²) in [7, 11) is 0. The van der Waals surface area contributed by atoms with Gasteiger partial charge in [0, 0.05) is 12.2 Å². The molecule has 1 aromatic rings. The van der Waals surface area contributed by atoms with E-state index in [1.54, 1.807) is 6.20 Å². The molecule has 1 atom stereocenters. The summed E-state index contributed by atoms with van der Waals surface area (Å²) in [6, 6.07) is 3.94. The number of hydrogen-bond acceptors (Lipinski definition) is 3. The van der Waals surface area contributed by atoms with Gasteiger partial charge >= 0.3 is 0 Å². The van der Waals surface area contributed by atoms with Gasteiger partial charge < -0.3 is 10.1 Å². The molecular weight excluding hydrogens is 164 g/mol. The first-order chi connectivity index (χ1) is 6.34. The van der Waals surface area contributed by atoms with Crippen LogP contribution in [0.5, 0.6) is 5.75 Å². The van der Waals surface area contributed by atoms with Crippen LogP contribution in [0.25, 0.3) is 0 Å². The van der Waals surface area contributed by atoms with Gasteiger partial charge in [-0.05, 0) is 32.0 Å². The van der Waals surface area contributed by atoms with Gasteiger partial charge in [0.1, 0.15) is 11.9 Å². The Morgan fingerprint density at radius 2 is 2.46 bits per heavy atom. The number of aryl methyl sites for hydroxylation is 1. The SMILES string of the molecule is Cc1ccc(OC2CCNC2)cn1. The fraction of sp³-hybridized carbons (Fsp3) is 0.500. The van der Waals surface area contributed by atoms with Crippen LogP contribution in [0.3, 0.4) is 0 Å². The summed E-state index contributed by atoms with van der Waals surface area (Å²) in [4.78, 5) is 4.18. The van der Waals surface area contributed by atoms with E-state index in [1.165, 1.54) is 0 Å². The molecular formula is C10H14N2O. The number of nitrogens with zero attached hydrogens (tertiary/aromatic N) is 1. The second-order valence-electron chi connectivity index (χ2n) is 3.37. The minimum atomic E-state index is 0.324. The molecule has 2 heterocycles. The number of pyridine rings is 1. The maximum Gasteiger partial charge on any atom is 0.138 e. The standard InChI is InChI=1S/C10H14N2O/c1-8-2-3-9(7-12-8)13-10-4-5-11-6-10/h2-3,7,10-11H,4-6H2,1H3. The van der Waals surface area contributed by atoms with Crippen molar-refractivity contribution in [2.75, 3.05) is 13.1 Å². The van der Waals surface area contributed by atoms with E-state index in [0.29, 0.717) is 6.10 Å². The van der Waals surface area contributed by atoms with Crippen LogP contribution >= 0.6 is 0 Å². The Balaban J connectivity index is 1.97. The third-order valence-electron chi connectivity index (χ3n) is 2.20. The largest absolute Gasteiger partial charge is 0.487 e. The first-order valence-electron chi connectivity index (χ1n) is 4.64. The molecule has 3 nitrogen and oxygen atoms in total. The van der Waals surface area contributed by atoms with Gasteiger partial charge in [-0.15, -0.1) is 0 Å². The fourth-order valence-corrected chi connectivity index (χ4v) is 1.45. The predicted molar refractivity (Wildman–Crippen MR) is 50.9 cm³/mol. The molecule has 1 unspecified atom stereocenters. The molecule has 0 aliphatic carbocycles. The molecule has 0 radical (unpaired) electrons. The number of nitrogens with one attached hydrogen (secondary N) is 1. The fourth-order valence-electron chi connectivity index (χ4n) is 1.45. The molecule has 0 saturated carbocycles. The topological polar surface area (TPSA) is 34.1 Å². The zero-order chi connectivity index (χ0) is 9.10. The van der Waals surface area contributed by atoms with Gasteiger partial charge in [-0.1, -0.05) is 0 Å². The molecule has 1 aromatic heterocycles. The second-order valence-corrected chi connectivity index (χ2v) is 3.37. The average Bonchev–Trinajstić information content (AvgIpc) is 2.62. The van der Waals surface area contributed by atoms with Crippen molar-refractivity contribution in [3.05, 3.63) is 24.0 Å². The van der Waals surface area contributed by atoms with Crippen molar-refractivity contribution >= 4 is 0 Å². The van der Waals surface area contributed by atoms with Crippen LogP contribution in [0, 0.1) is 6.92 Å². The van der Waals surface area contributed by atoms with Gasteiger partial charge in [0.15, 0.2) is 0 Å². The van der Waals surface area contributed by atoms with E-state index in [9.17, 15) is 0 Å². The summed E-state index contributed by atoms with van der Waals surface area (Å²) in [5.74, 6) is 0.874.